The van der Waals surface area contributed by atoms with Gasteiger partial charge in [-0.3, -0.25) is 9.69 Å². The summed E-state index contributed by atoms with van der Waals surface area (Å²) in [4.78, 5) is 22.5. The van der Waals surface area contributed by atoms with Gasteiger partial charge < -0.3 is 14.2 Å². The van der Waals surface area contributed by atoms with Crippen LogP contribution in [-0.4, -0.2) is 63.6 Å². The second-order valence-electron chi connectivity index (χ2n) is 9.40. The lowest BCUT2D eigenvalue weighted by molar-refractivity contribution is -0.146. The molecule has 2 aliphatic rings. The number of aromatic nitrogens is 2. The molecule has 7 nitrogen and oxygen atoms in total. The van der Waals surface area contributed by atoms with Gasteiger partial charge in [-0.2, -0.15) is 5.26 Å². The molecule has 2 saturated heterocycles. The van der Waals surface area contributed by atoms with Crippen LogP contribution in [0.3, 0.4) is 0 Å². The fraction of sp³-hybridized carbons (Fsp3) is 0.393. The Kier molecular flexibility index (Phi) is 7.22. The Morgan fingerprint density at radius 3 is 2.66 bits per heavy atom. The Hall–Kier alpha value is -3.47. The lowest BCUT2D eigenvalue weighted by Crippen LogP contribution is -2.60. The molecule has 7 heteroatoms. The number of carbonyl (C=O) groups excluding carboxylic acids is 1. The molecule has 1 amide bonds. The standard InChI is InChI=1S/C28H31N5O2/c29-16-23-8-10-24(11-9-23)18-32-21-30-17-26(32)19-31-12-13-33-25(15-22-5-2-1-3-6-22)20-35-14-4-7-27(31)28(33)34/h1-3,5-6,8-11,17,21,25,27H,4,7,12-15,18-20H2. The molecule has 180 valence electrons. The predicted octanol–water partition coefficient (Wildman–Crippen LogP) is 3.24. The van der Waals surface area contributed by atoms with Crippen molar-refractivity contribution in [3.8, 4) is 6.07 Å². The van der Waals surface area contributed by atoms with Crippen LogP contribution in [0.15, 0.2) is 67.1 Å². The molecule has 3 aromatic rings. The van der Waals surface area contributed by atoms with E-state index in [2.05, 4.69) is 49.7 Å². The molecule has 2 unspecified atom stereocenters. The molecule has 2 aromatic carbocycles. The zero-order valence-corrected chi connectivity index (χ0v) is 19.9. The number of rotatable bonds is 6. The minimum absolute atomic E-state index is 0.0644. The minimum atomic E-state index is -0.137. The molecule has 5 rings (SSSR count). The van der Waals surface area contributed by atoms with Gasteiger partial charge in [0.25, 0.3) is 0 Å². The summed E-state index contributed by atoms with van der Waals surface area (Å²) in [6, 6.07) is 20.1. The summed E-state index contributed by atoms with van der Waals surface area (Å²) in [7, 11) is 0. The van der Waals surface area contributed by atoms with Crippen molar-refractivity contribution in [3.63, 3.8) is 0 Å². The number of fused-ring (bicyclic) bond motifs is 2. The third-order valence-electron chi connectivity index (χ3n) is 7.07. The summed E-state index contributed by atoms with van der Waals surface area (Å²) in [5.74, 6) is 0.223. The van der Waals surface area contributed by atoms with Crippen molar-refractivity contribution in [2.24, 2.45) is 0 Å². The lowest BCUT2D eigenvalue weighted by Gasteiger charge is -2.43. The van der Waals surface area contributed by atoms with Crippen molar-refractivity contribution in [1.82, 2.24) is 19.4 Å². The number of piperazine rings is 1. The maximum atomic E-state index is 13.7. The maximum Gasteiger partial charge on any atom is 0.240 e. The Bertz CT molecular complexity index is 1170. The number of hydrogen-bond donors (Lipinski definition) is 0. The number of benzene rings is 2. The van der Waals surface area contributed by atoms with E-state index >= 15 is 0 Å². The first-order chi connectivity index (χ1) is 17.2. The van der Waals surface area contributed by atoms with Gasteiger partial charge in [-0.25, -0.2) is 4.98 Å². The van der Waals surface area contributed by atoms with Crippen molar-refractivity contribution in [3.05, 3.63) is 89.5 Å². The van der Waals surface area contributed by atoms with Gasteiger partial charge in [0.05, 0.1) is 42.3 Å². The van der Waals surface area contributed by atoms with Gasteiger partial charge >= 0.3 is 0 Å². The molecule has 0 N–H and O–H groups in total. The van der Waals surface area contributed by atoms with E-state index in [0.29, 0.717) is 38.4 Å². The molecule has 35 heavy (non-hydrogen) atoms. The average molecular weight is 470 g/mol. The van der Waals surface area contributed by atoms with Crippen LogP contribution in [0.5, 0.6) is 0 Å². The summed E-state index contributed by atoms with van der Waals surface area (Å²) in [6.45, 7) is 4.19. The smallest absolute Gasteiger partial charge is 0.240 e. The van der Waals surface area contributed by atoms with Crippen molar-refractivity contribution in [2.75, 3.05) is 26.3 Å². The first-order valence-electron chi connectivity index (χ1n) is 12.4. The Labute approximate surface area is 206 Å². The zero-order chi connectivity index (χ0) is 24.0. The Morgan fingerprint density at radius 1 is 1.03 bits per heavy atom. The predicted molar refractivity (Wildman–Crippen MR) is 132 cm³/mol. The van der Waals surface area contributed by atoms with Crippen LogP contribution in [0.4, 0.5) is 0 Å². The van der Waals surface area contributed by atoms with Crippen molar-refractivity contribution in [1.29, 1.82) is 5.26 Å². The van der Waals surface area contributed by atoms with Crippen molar-refractivity contribution in [2.45, 2.75) is 44.4 Å². The molecule has 0 aliphatic carbocycles. The van der Waals surface area contributed by atoms with Crippen LogP contribution in [0.25, 0.3) is 0 Å². The van der Waals surface area contributed by atoms with E-state index in [1.807, 2.05) is 42.9 Å². The Morgan fingerprint density at radius 2 is 1.86 bits per heavy atom. The largest absolute Gasteiger partial charge is 0.379 e. The highest BCUT2D eigenvalue weighted by Gasteiger charge is 2.38. The van der Waals surface area contributed by atoms with Crippen LogP contribution < -0.4 is 0 Å². The molecule has 2 fully saturated rings. The summed E-state index contributed by atoms with van der Waals surface area (Å²) in [5, 5.41) is 9.04. The molecule has 0 radical (unpaired) electrons. The quantitative estimate of drug-likeness (QED) is 0.554. The Balaban J connectivity index is 1.30. The van der Waals surface area contributed by atoms with E-state index < -0.39 is 0 Å². The van der Waals surface area contributed by atoms with E-state index in [0.717, 1.165) is 37.1 Å². The highest BCUT2D eigenvalue weighted by molar-refractivity contribution is 5.83. The van der Waals surface area contributed by atoms with E-state index in [1.165, 1.54) is 5.56 Å². The monoisotopic (exact) mass is 469 g/mol. The molecule has 3 heterocycles. The van der Waals surface area contributed by atoms with Gasteiger partial charge in [0.2, 0.25) is 5.91 Å². The highest BCUT2D eigenvalue weighted by atomic mass is 16.5. The van der Waals surface area contributed by atoms with Crippen LogP contribution in [0, 0.1) is 11.3 Å². The number of carbonyl (C=O) groups is 1. The fourth-order valence-corrected chi connectivity index (χ4v) is 5.16. The van der Waals surface area contributed by atoms with Crippen LogP contribution >= 0.6 is 0 Å². The first kappa shape index (κ1) is 23.3. The molecular weight excluding hydrogens is 438 g/mol. The average Bonchev–Trinajstić information content (AvgIpc) is 3.32. The number of amides is 1. The number of nitrogens with zero attached hydrogens (tertiary/aromatic N) is 5. The summed E-state index contributed by atoms with van der Waals surface area (Å²) in [6.07, 6.45) is 6.24. The number of hydrogen-bond acceptors (Lipinski definition) is 5. The second kappa shape index (κ2) is 10.9. The van der Waals surface area contributed by atoms with E-state index in [-0.39, 0.29) is 18.0 Å². The van der Waals surface area contributed by atoms with Crippen molar-refractivity contribution < 1.29 is 9.53 Å². The molecule has 2 aliphatic heterocycles. The van der Waals surface area contributed by atoms with Gasteiger partial charge in [-0.1, -0.05) is 42.5 Å². The van der Waals surface area contributed by atoms with Crippen LogP contribution in [0.2, 0.25) is 0 Å². The first-order valence-corrected chi connectivity index (χ1v) is 12.4. The van der Waals surface area contributed by atoms with Gasteiger partial charge in [-0.05, 0) is 42.5 Å². The van der Waals surface area contributed by atoms with Gasteiger partial charge in [-0.15, -0.1) is 0 Å². The second-order valence-corrected chi connectivity index (χ2v) is 9.40. The number of imidazole rings is 1. The third-order valence-corrected chi connectivity index (χ3v) is 7.07. The minimum Gasteiger partial charge on any atom is -0.379 e. The molecule has 0 spiro atoms. The van der Waals surface area contributed by atoms with Gasteiger partial charge in [0, 0.05) is 39.0 Å². The SMILES string of the molecule is N#Cc1ccc(Cn2cncc2CN2CCN3C(=O)C2CCCOCC3Cc2ccccc2)cc1. The molecule has 1 aromatic heterocycles. The van der Waals surface area contributed by atoms with Crippen LogP contribution in [-0.2, 0) is 29.0 Å². The summed E-state index contributed by atoms with van der Waals surface area (Å²) in [5.41, 5.74) is 4.10. The highest BCUT2D eigenvalue weighted by Crippen LogP contribution is 2.24. The zero-order valence-electron chi connectivity index (χ0n) is 19.9. The topological polar surface area (TPSA) is 74.4 Å². The van der Waals surface area contributed by atoms with E-state index in [4.69, 9.17) is 10.00 Å². The van der Waals surface area contributed by atoms with E-state index in [1.54, 1.807) is 0 Å². The van der Waals surface area contributed by atoms with Crippen molar-refractivity contribution >= 4 is 5.91 Å². The summed E-state index contributed by atoms with van der Waals surface area (Å²) < 4.78 is 8.13. The van der Waals surface area contributed by atoms with Gasteiger partial charge in [0.15, 0.2) is 0 Å². The molecule has 0 saturated carbocycles. The molecular formula is C28H31N5O2. The number of nitriles is 1. The number of ether oxygens (including phenoxy) is 1. The fourth-order valence-electron chi connectivity index (χ4n) is 5.16. The summed E-state index contributed by atoms with van der Waals surface area (Å²) >= 11 is 0. The lowest BCUT2D eigenvalue weighted by atomic mass is 10.0. The molecule has 2 atom stereocenters. The van der Waals surface area contributed by atoms with Gasteiger partial charge in [0.1, 0.15) is 0 Å². The normalized spacial score (nSPS) is 21.1. The molecule has 2 bridgehead atoms. The van der Waals surface area contributed by atoms with Crippen LogP contribution in [0.1, 0.15) is 35.2 Å². The maximum absolute atomic E-state index is 13.7. The third kappa shape index (κ3) is 5.45. The van der Waals surface area contributed by atoms with E-state index in [9.17, 15) is 4.79 Å².